The van der Waals surface area contributed by atoms with Gasteiger partial charge in [0.05, 0.1) is 11.3 Å². The van der Waals surface area contributed by atoms with Gasteiger partial charge in [0.2, 0.25) is 0 Å². The van der Waals surface area contributed by atoms with Gasteiger partial charge in [0.1, 0.15) is 18.2 Å². The standard InChI is InChI=1S/C11H18F3N5/c1-6(2)19(5-11(12,13)14)10-8(9(15)16)7(3)17-18(10)4/h6H,5H2,1-4H3,(H3,15,16). The molecule has 0 amide bonds. The van der Waals surface area contributed by atoms with Crippen LogP contribution in [0.1, 0.15) is 25.1 Å². The van der Waals surface area contributed by atoms with Gasteiger partial charge < -0.3 is 10.6 Å². The first-order chi connectivity index (χ1) is 8.54. The molecule has 1 rings (SSSR count). The highest BCUT2D eigenvalue weighted by Gasteiger charge is 2.35. The number of nitrogens with one attached hydrogen (secondary N) is 1. The summed E-state index contributed by atoms with van der Waals surface area (Å²) in [7, 11) is 1.54. The van der Waals surface area contributed by atoms with Crippen molar-refractivity contribution in [2.24, 2.45) is 12.8 Å². The maximum Gasteiger partial charge on any atom is 0.405 e. The first-order valence-electron chi connectivity index (χ1n) is 5.76. The summed E-state index contributed by atoms with van der Waals surface area (Å²) in [5, 5.41) is 11.6. The van der Waals surface area contributed by atoms with Gasteiger partial charge in [-0.2, -0.15) is 18.3 Å². The van der Waals surface area contributed by atoms with E-state index in [0.717, 1.165) is 4.90 Å². The minimum absolute atomic E-state index is 0.220. The Hall–Kier alpha value is -1.73. The van der Waals surface area contributed by atoms with Crippen LogP contribution in [0.5, 0.6) is 0 Å². The lowest BCUT2D eigenvalue weighted by molar-refractivity contribution is -0.120. The Morgan fingerprint density at radius 3 is 2.37 bits per heavy atom. The van der Waals surface area contributed by atoms with Crippen molar-refractivity contribution in [3.63, 3.8) is 0 Å². The number of rotatable bonds is 4. The van der Waals surface area contributed by atoms with Gasteiger partial charge in [0.25, 0.3) is 0 Å². The van der Waals surface area contributed by atoms with Crippen molar-refractivity contribution in [1.82, 2.24) is 9.78 Å². The van der Waals surface area contributed by atoms with Gasteiger partial charge in [-0.1, -0.05) is 0 Å². The lowest BCUT2D eigenvalue weighted by Gasteiger charge is -2.30. The third-order valence-corrected chi connectivity index (χ3v) is 2.71. The van der Waals surface area contributed by atoms with Crippen LogP contribution in [0.15, 0.2) is 0 Å². The quantitative estimate of drug-likeness (QED) is 0.651. The van der Waals surface area contributed by atoms with Gasteiger partial charge in [-0.25, -0.2) is 0 Å². The number of nitrogens with zero attached hydrogens (tertiary/aromatic N) is 3. The van der Waals surface area contributed by atoms with Crippen LogP contribution < -0.4 is 10.6 Å². The maximum absolute atomic E-state index is 12.7. The van der Waals surface area contributed by atoms with E-state index in [2.05, 4.69) is 5.10 Å². The predicted molar refractivity (Wildman–Crippen MR) is 67.5 cm³/mol. The fourth-order valence-electron chi connectivity index (χ4n) is 1.99. The number of anilines is 1. The molecule has 0 atom stereocenters. The third-order valence-electron chi connectivity index (χ3n) is 2.71. The Morgan fingerprint density at radius 2 is 2.00 bits per heavy atom. The normalized spacial score (nSPS) is 12.0. The molecule has 108 valence electrons. The highest BCUT2D eigenvalue weighted by molar-refractivity contribution is 6.01. The van der Waals surface area contributed by atoms with Crippen molar-refractivity contribution in [1.29, 1.82) is 5.41 Å². The molecule has 8 heteroatoms. The molecule has 0 spiro atoms. The Labute approximate surface area is 109 Å². The average molecular weight is 277 g/mol. The van der Waals surface area contributed by atoms with E-state index in [9.17, 15) is 13.2 Å². The molecule has 0 saturated carbocycles. The zero-order valence-electron chi connectivity index (χ0n) is 11.3. The zero-order valence-corrected chi connectivity index (χ0v) is 11.3. The number of nitrogen functional groups attached to an aromatic ring is 1. The predicted octanol–water partition coefficient (Wildman–Crippen LogP) is 1.79. The topological polar surface area (TPSA) is 70.9 Å². The van der Waals surface area contributed by atoms with Crippen molar-refractivity contribution in [2.75, 3.05) is 11.4 Å². The fourth-order valence-corrected chi connectivity index (χ4v) is 1.99. The molecule has 1 aromatic heterocycles. The molecule has 0 aliphatic heterocycles. The van der Waals surface area contributed by atoms with Crippen LogP contribution in [0, 0.1) is 12.3 Å². The van der Waals surface area contributed by atoms with Crippen LogP contribution in [0.3, 0.4) is 0 Å². The second-order valence-electron chi connectivity index (χ2n) is 4.66. The average Bonchev–Trinajstić information content (AvgIpc) is 2.48. The number of hydrogen-bond acceptors (Lipinski definition) is 3. The number of aryl methyl sites for hydroxylation is 2. The summed E-state index contributed by atoms with van der Waals surface area (Å²) in [5.74, 6) is -0.0641. The van der Waals surface area contributed by atoms with Crippen molar-refractivity contribution < 1.29 is 13.2 Å². The highest BCUT2D eigenvalue weighted by Crippen LogP contribution is 2.28. The molecule has 1 aromatic rings. The highest BCUT2D eigenvalue weighted by atomic mass is 19.4. The molecular weight excluding hydrogens is 259 g/mol. The Balaban J connectivity index is 3.35. The molecule has 0 aliphatic rings. The molecule has 5 nitrogen and oxygen atoms in total. The molecule has 0 aromatic carbocycles. The number of alkyl halides is 3. The van der Waals surface area contributed by atoms with Crippen LogP contribution in [-0.2, 0) is 7.05 Å². The molecular formula is C11H18F3N5. The smallest absolute Gasteiger partial charge is 0.384 e. The van der Waals surface area contributed by atoms with Gasteiger partial charge in [0.15, 0.2) is 0 Å². The zero-order chi connectivity index (χ0) is 15.0. The lowest BCUT2D eigenvalue weighted by Crippen LogP contribution is -2.41. The summed E-state index contributed by atoms with van der Waals surface area (Å²) in [6.07, 6.45) is -4.34. The van der Waals surface area contributed by atoms with Crippen LogP contribution in [0.2, 0.25) is 0 Å². The Bertz CT molecular complexity index is 475. The number of hydrogen-bond donors (Lipinski definition) is 2. The largest absolute Gasteiger partial charge is 0.405 e. The molecule has 19 heavy (non-hydrogen) atoms. The van der Waals surface area contributed by atoms with E-state index in [4.69, 9.17) is 11.1 Å². The Kier molecular flexibility index (Phi) is 4.12. The summed E-state index contributed by atoms with van der Waals surface area (Å²) in [6, 6.07) is -0.394. The third kappa shape index (κ3) is 3.39. The SMILES string of the molecule is Cc1nn(C)c(N(CC(F)(F)F)C(C)C)c1C(=N)N. The number of nitrogens with two attached hydrogens (primary N) is 1. The summed E-state index contributed by atoms with van der Waals surface area (Å²) < 4.78 is 39.3. The minimum atomic E-state index is -4.34. The second-order valence-corrected chi connectivity index (χ2v) is 4.66. The van der Waals surface area contributed by atoms with E-state index in [0.29, 0.717) is 5.69 Å². The Morgan fingerprint density at radius 1 is 1.47 bits per heavy atom. The first-order valence-corrected chi connectivity index (χ1v) is 5.76. The fraction of sp³-hybridized carbons (Fsp3) is 0.636. The summed E-state index contributed by atoms with van der Waals surface area (Å²) in [5.41, 5.74) is 6.15. The lowest BCUT2D eigenvalue weighted by atomic mass is 10.2. The number of aromatic nitrogens is 2. The van der Waals surface area contributed by atoms with Gasteiger partial charge in [-0.3, -0.25) is 10.1 Å². The number of halogens is 3. The molecule has 0 aliphatic carbocycles. The van der Waals surface area contributed by atoms with E-state index in [1.54, 1.807) is 27.8 Å². The summed E-state index contributed by atoms with van der Waals surface area (Å²) >= 11 is 0. The van der Waals surface area contributed by atoms with E-state index in [1.165, 1.54) is 4.68 Å². The summed E-state index contributed by atoms with van der Waals surface area (Å²) in [6.45, 7) is 3.81. The van der Waals surface area contributed by atoms with Gasteiger partial charge in [0, 0.05) is 13.1 Å². The minimum Gasteiger partial charge on any atom is -0.384 e. The van der Waals surface area contributed by atoms with Gasteiger partial charge >= 0.3 is 6.18 Å². The van der Waals surface area contributed by atoms with Crippen LogP contribution in [0.4, 0.5) is 19.0 Å². The maximum atomic E-state index is 12.7. The van der Waals surface area contributed by atoms with Crippen molar-refractivity contribution in [3.8, 4) is 0 Å². The van der Waals surface area contributed by atoms with E-state index in [1.807, 2.05) is 0 Å². The second kappa shape index (κ2) is 5.10. The molecule has 1 heterocycles. The molecule has 3 N–H and O–H groups in total. The monoisotopic (exact) mass is 277 g/mol. The van der Waals surface area contributed by atoms with Crippen molar-refractivity contribution >= 4 is 11.7 Å². The van der Waals surface area contributed by atoms with Crippen LogP contribution in [-0.4, -0.2) is 34.4 Å². The van der Waals surface area contributed by atoms with Crippen molar-refractivity contribution in [3.05, 3.63) is 11.3 Å². The number of amidine groups is 1. The molecule has 0 bridgehead atoms. The molecule has 0 radical (unpaired) electrons. The first kappa shape index (κ1) is 15.3. The van der Waals surface area contributed by atoms with E-state index >= 15 is 0 Å². The van der Waals surface area contributed by atoms with Crippen LogP contribution >= 0.6 is 0 Å². The van der Waals surface area contributed by atoms with E-state index in [-0.39, 0.29) is 17.2 Å². The molecule has 0 fully saturated rings. The van der Waals surface area contributed by atoms with E-state index < -0.39 is 18.8 Å². The van der Waals surface area contributed by atoms with Gasteiger partial charge in [-0.15, -0.1) is 0 Å². The van der Waals surface area contributed by atoms with Crippen molar-refractivity contribution in [2.45, 2.75) is 33.0 Å². The molecule has 0 unspecified atom stereocenters. The summed E-state index contributed by atoms with van der Waals surface area (Å²) in [4.78, 5) is 1.15. The van der Waals surface area contributed by atoms with Gasteiger partial charge in [-0.05, 0) is 20.8 Å². The van der Waals surface area contributed by atoms with Crippen LogP contribution in [0.25, 0.3) is 0 Å². The molecule has 0 saturated heterocycles.